The number of allylic oxidation sites excluding steroid dienone is 1. The molecule has 1 aromatic heterocycles. The van der Waals surface area contributed by atoms with Crippen molar-refractivity contribution in [3.63, 3.8) is 0 Å². The summed E-state index contributed by atoms with van der Waals surface area (Å²) in [7, 11) is 0. The fourth-order valence-electron chi connectivity index (χ4n) is 1.20. The summed E-state index contributed by atoms with van der Waals surface area (Å²) in [6.07, 6.45) is 5.36. The van der Waals surface area contributed by atoms with Gasteiger partial charge in [0.15, 0.2) is 0 Å². The standard InChI is InChI=1S/C12H16N2.C2H6/c1-5-14-12-6-7-13-8-11(12)10(4)9(2)3;1-2/h5-9H,4H2,1-3H3;1-2H3. The molecule has 1 rings (SSSR count). The largest absolute Gasteiger partial charge is 0.264 e. The van der Waals surface area contributed by atoms with E-state index in [4.69, 9.17) is 0 Å². The van der Waals surface area contributed by atoms with Crippen LogP contribution in [-0.4, -0.2) is 11.2 Å². The minimum Gasteiger partial charge on any atom is -0.264 e. The molecule has 0 aromatic carbocycles. The van der Waals surface area contributed by atoms with Crippen LogP contribution in [0.2, 0.25) is 0 Å². The summed E-state index contributed by atoms with van der Waals surface area (Å²) in [6.45, 7) is 14.2. The molecule has 0 unspecified atom stereocenters. The van der Waals surface area contributed by atoms with Crippen LogP contribution >= 0.6 is 0 Å². The zero-order valence-electron chi connectivity index (χ0n) is 11.0. The van der Waals surface area contributed by atoms with Gasteiger partial charge in [-0.3, -0.25) is 9.98 Å². The third-order valence-corrected chi connectivity index (χ3v) is 2.11. The van der Waals surface area contributed by atoms with Crippen LogP contribution in [0.15, 0.2) is 30.0 Å². The Morgan fingerprint density at radius 1 is 1.44 bits per heavy atom. The van der Waals surface area contributed by atoms with Crippen LogP contribution in [0.3, 0.4) is 0 Å². The van der Waals surface area contributed by atoms with Crippen molar-refractivity contribution in [2.45, 2.75) is 34.6 Å². The van der Waals surface area contributed by atoms with Crippen molar-refractivity contribution < 1.29 is 0 Å². The van der Waals surface area contributed by atoms with Gasteiger partial charge in [0.1, 0.15) is 0 Å². The van der Waals surface area contributed by atoms with E-state index >= 15 is 0 Å². The molecule has 0 saturated carbocycles. The van der Waals surface area contributed by atoms with Crippen LogP contribution in [0.1, 0.15) is 40.2 Å². The van der Waals surface area contributed by atoms with Gasteiger partial charge in [-0.05, 0) is 24.5 Å². The average molecular weight is 218 g/mol. The van der Waals surface area contributed by atoms with E-state index in [9.17, 15) is 0 Å². The molecule has 0 N–H and O–H groups in total. The Labute approximate surface area is 99.1 Å². The van der Waals surface area contributed by atoms with Crippen LogP contribution in [0, 0.1) is 5.92 Å². The van der Waals surface area contributed by atoms with E-state index < -0.39 is 0 Å². The second kappa shape index (κ2) is 7.80. The summed E-state index contributed by atoms with van der Waals surface area (Å²) in [6, 6.07) is 1.91. The first-order chi connectivity index (χ1) is 7.66. The molecule has 2 nitrogen and oxygen atoms in total. The minimum atomic E-state index is 0.421. The monoisotopic (exact) mass is 218 g/mol. The lowest BCUT2D eigenvalue weighted by Crippen LogP contribution is -1.93. The van der Waals surface area contributed by atoms with E-state index in [0.29, 0.717) is 5.92 Å². The lowest BCUT2D eigenvalue weighted by atomic mass is 9.97. The molecule has 0 aliphatic heterocycles. The molecule has 0 amide bonds. The smallest absolute Gasteiger partial charge is 0.0731 e. The molecule has 0 aliphatic rings. The third-order valence-electron chi connectivity index (χ3n) is 2.11. The van der Waals surface area contributed by atoms with Crippen LogP contribution in [0.5, 0.6) is 0 Å². The van der Waals surface area contributed by atoms with Crippen molar-refractivity contribution in [1.29, 1.82) is 0 Å². The van der Waals surface area contributed by atoms with Gasteiger partial charge in [0.05, 0.1) is 5.69 Å². The molecule has 1 aromatic rings. The highest BCUT2D eigenvalue weighted by atomic mass is 14.7. The minimum absolute atomic E-state index is 0.421. The molecule has 0 atom stereocenters. The fourth-order valence-corrected chi connectivity index (χ4v) is 1.20. The maximum Gasteiger partial charge on any atom is 0.0731 e. The Bertz CT molecular complexity index is 352. The number of hydrogen-bond donors (Lipinski definition) is 0. The van der Waals surface area contributed by atoms with Gasteiger partial charge in [-0.15, -0.1) is 0 Å². The van der Waals surface area contributed by atoms with E-state index in [1.165, 1.54) is 0 Å². The number of aliphatic imine (C=N–C) groups is 1. The molecule has 2 heteroatoms. The number of hydrogen-bond acceptors (Lipinski definition) is 2. The van der Waals surface area contributed by atoms with Gasteiger partial charge in [-0.1, -0.05) is 34.3 Å². The van der Waals surface area contributed by atoms with Crippen LogP contribution in [-0.2, 0) is 0 Å². The van der Waals surface area contributed by atoms with Gasteiger partial charge in [-0.25, -0.2) is 0 Å². The molecular weight excluding hydrogens is 196 g/mol. The first kappa shape index (κ1) is 14.6. The number of aromatic nitrogens is 1. The predicted molar refractivity (Wildman–Crippen MR) is 73.3 cm³/mol. The molecule has 0 aliphatic carbocycles. The highest BCUT2D eigenvalue weighted by molar-refractivity contribution is 5.75. The molecule has 0 radical (unpaired) electrons. The van der Waals surface area contributed by atoms with E-state index in [2.05, 4.69) is 30.4 Å². The summed E-state index contributed by atoms with van der Waals surface area (Å²) < 4.78 is 0. The average Bonchev–Trinajstić information content (AvgIpc) is 2.32. The van der Waals surface area contributed by atoms with Crippen molar-refractivity contribution in [1.82, 2.24) is 4.98 Å². The summed E-state index contributed by atoms with van der Waals surface area (Å²) in [4.78, 5) is 8.38. The van der Waals surface area contributed by atoms with Crippen molar-refractivity contribution in [3.8, 4) is 0 Å². The second-order valence-corrected chi connectivity index (χ2v) is 3.46. The first-order valence-corrected chi connectivity index (χ1v) is 5.78. The number of nitrogens with zero attached hydrogens (tertiary/aromatic N) is 2. The number of pyridine rings is 1. The topological polar surface area (TPSA) is 25.2 Å². The molecule has 16 heavy (non-hydrogen) atoms. The molecule has 0 spiro atoms. The van der Waals surface area contributed by atoms with Gasteiger partial charge in [0.2, 0.25) is 0 Å². The quantitative estimate of drug-likeness (QED) is 0.686. The molecule has 0 fully saturated rings. The van der Waals surface area contributed by atoms with E-state index in [0.717, 1.165) is 16.8 Å². The SMILES string of the molecule is C=C(c1cnccc1N=CC)C(C)C.CC. The Balaban J connectivity index is 0.00000106. The van der Waals surface area contributed by atoms with E-state index in [1.54, 1.807) is 12.4 Å². The molecule has 1 heterocycles. The zero-order valence-corrected chi connectivity index (χ0v) is 11.0. The van der Waals surface area contributed by atoms with Crippen molar-refractivity contribution in [2.24, 2.45) is 10.9 Å². The predicted octanol–water partition coefficient (Wildman–Crippen LogP) is 4.50. The van der Waals surface area contributed by atoms with Crippen LogP contribution in [0.25, 0.3) is 5.57 Å². The van der Waals surface area contributed by atoms with E-state index in [1.807, 2.05) is 33.0 Å². The highest BCUT2D eigenvalue weighted by Gasteiger charge is 2.07. The lowest BCUT2D eigenvalue weighted by molar-refractivity contribution is 0.856. The van der Waals surface area contributed by atoms with E-state index in [-0.39, 0.29) is 0 Å². The maximum absolute atomic E-state index is 4.28. The summed E-state index contributed by atoms with van der Waals surface area (Å²) in [5.41, 5.74) is 3.07. The van der Waals surface area contributed by atoms with Crippen molar-refractivity contribution in [3.05, 3.63) is 30.6 Å². The maximum atomic E-state index is 4.28. The summed E-state index contributed by atoms with van der Waals surface area (Å²) in [5.74, 6) is 0.421. The van der Waals surface area contributed by atoms with Gasteiger partial charge < -0.3 is 0 Å². The Kier molecular flexibility index (Phi) is 7.10. The lowest BCUT2D eigenvalue weighted by Gasteiger charge is -2.11. The van der Waals surface area contributed by atoms with Gasteiger partial charge >= 0.3 is 0 Å². The normalized spacial score (nSPS) is 10.1. The highest BCUT2D eigenvalue weighted by Crippen LogP contribution is 2.28. The van der Waals surface area contributed by atoms with Gasteiger partial charge in [0.25, 0.3) is 0 Å². The Morgan fingerprint density at radius 2 is 2.06 bits per heavy atom. The first-order valence-electron chi connectivity index (χ1n) is 5.78. The fraction of sp³-hybridized carbons (Fsp3) is 0.429. The van der Waals surface area contributed by atoms with Crippen LogP contribution in [0.4, 0.5) is 5.69 Å². The zero-order chi connectivity index (χ0) is 12.6. The third kappa shape index (κ3) is 3.97. The van der Waals surface area contributed by atoms with Crippen molar-refractivity contribution >= 4 is 17.5 Å². The molecule has 0 saturated heterocycles. The van der Waals surface area contributed by atoms with Crippen LogP contribution < -0.4 is 0 Å². The number of rotatable bonds is 3. The van der Waals surface area contributed by atoms with Crippen molar-refractivity contribution in [2.75, 3.05) is 0 Å². The van der Waals surface area contributed by atoms with Gasteiger partial charge in [-0.2, -0.15) is 0 Å². The summed E-state index contributed by atoms with van der Waals surface area (Å²) in [5, 5.41) is 0. The molecular formula is C14H22N2. The summed E-state index contributed by atoms with van der Waals surface area (Å²) >= 11 is 0. The Hall–Kier alpha value is -1.44. The molecule has 88 valence electrons. The molecule has 0 bridgehead atoms. The van der Waals surface area contributed by atoms with Gasteiger partial charge in [0, 0.05) is 24.2 Å². The second-order valence-electron chi connectivity index (χ2n) is 3.46. The Morgan fingerprint density at radius 3 is 2.56 bits per heavy atom.